The number of hydrogen-bond donors (Lipinski definition) is 1. The Hall–Kier alpha value is -2.49. The van der Waals surface area contributed by atoms with Gasteiger partial charge in [-0.3, -0.25) is 4.79 Å². The smallest absolute Gasteiger partial charge is 0.340 e. The third kappa shape index (κ3) is 4.62. The maximum absolute atomic E-state index is 13.9. The number of alkyl halides is 3. The Labute approximate surface area is 153 Å². The van der Waals surface area contributed by atoms with Crippen molar-refractivity contribution in [1.29, 1.82) is 0 Å². The van der Waals surface area contributed by atoms with Crippen LogP contribution in [0.25, 0.3) is 5.69 Å². The molecule has 0 radical (unpaired) electrons. The van der Waals surface area contributed by atoms with Crippen LogP contribution in [-0.4, -0.2) is 45.4 Å². The Kier molecular flexibility index (Phi) is 6.19. The highest BCUT2D eigenvalue weighted by molar-refractivity contribution is 5.93. The number of benzene rings is 1. The highest BCUT2D eigenvalue weighted by Gasteiger charge is 2.43. The van der Waals surface area contributed by atoms with Crippen molar-refractivity contribution in [2.45, 2.75) is 32.5 Å². The SMILES string of the molecule is CC(C)C(N)CCN(C)C(=O)c1nnn(-c2ccccc2F)c1C(F)(F)F. The zero-order chi connectivity index (χ0) is 20.4. The topological polar surface area (TPSA) is 77.0 Å². The molecule has 1 aromatic heterocycles. The van der Waals surface area contributed by atoms with Crippen LogP contribution in [0.15, 0.2) is 24.3 Å². The molecular weight excluding hydrogens is 366 g/mol. The van der Waals surface area contributed by atoms with Crippen LogP contribution in [-0.2, 0) is 6.18 Å². The molecule has 0 aliphatic heterocycles. The van der Waals surface area contributed by atoms with E-state index in [1.54, 1.807) is 0 Å². The second kappa shape index (κ2) is 8.03. The Morgan fingerprint density at radius 2 is 1.93 bits per heavy atom. The van der Waals surface area contributed by atoms with E-state index in [0.717, 1.165) is 17.0 Å². The molecule has 1 heterocycles. The second-order valence-electron chi connectivity index (χ2n) is 6.57. The minimum absolute atomic E-state index is 0.155. The number of amides is 1. The Morgan fingerprint density at radius 1 is 1.30 bits per heavy atom. The van der Waals surface area contributed by atoms with Gasteiger partial charge in [0.1, 0.15) is 11.5 Å². The van der Waals surface area contributed by atoms with Crippen LogP contribution in [0.3, 0.4) is 0 Å². The Bertz CT molecular complexity index is 803. The van der Waals surface area contributed by atoms with Gasteiger partial charge in [0.05, 0.1) is 0 Å². The summed E-state index contributed by atoms with van der Waals surface area (Å²) in [6.07, 6.45) is -4.53. The lowest BCUT2D eigenvalue weighted by atomic mass is 10.0. The summed E-state index contributed by atoms with van der Waals surface area (Å²) in [7, 11) is 1.36. The molecule has 2 aromatic rings. The number of para-hydroxylation sites is 1. The summed E-state index contributed by atoms with van der Waals surface area (Å²) in [5, 5.41) is 6.76. The molecule has 6 nitrogen and oxygen atoms in total. The van der Waals surface area contributed by atoms with E-state index in [0.29, 0.717) is 11.1 Å². The van der Waals surface area contributed by atoms with Gasteiger partial charge in [0, 0.05) is 19.6 Å². The first-order valence-corrected chi connectivity index (χ1v) is 8.32. The van der Waals surface area contributed by atoms with Crippen LogP contribution in [0, 0.1) is 11.7 Å². The lowest BCUT2D eigenvalue weighted by molar-refractivity contribution is -0.143. The maximum Gasteiger partial charge on any atom is 0.435 e. The molecule has 0 aliphatic rings. The van der Waals surface area contributed by atoms with Gasteiger partial charge in [-0.25, -0.2) is 9.07 Å². The summed E-state index contributed by atoms with van der Waals surface area (Å²) in [6.45, 7) is 3.98. The largest absolute Gasteiger partial charge is 0.435 e. The van der Waals surface area contributed by atoms with Gasteiger partial charge < -0.3 is 10.6 Å². The van der Waals surface area contributed by atoms with Gasteiger partial charge >= 0.3 is 6.18 Å². The molecule has 2 rings (SSSR count). The van der Waals surface area contributed by atoms with Gasteiger partial charge in [0.2, 0.25) is 0 Å². The van der Waals surface area contributed by atoms with E-state index in [-0.39, 0.29) is 18.5 Å². The zero-order valence-corrected chi connectivity index (χ0v) is 15.2. The van der Waals surface area contributed by atoms with Gasteiger partial charge in [0.15, 0.2) is 11.4 Å². The first-order valence-electron chi connectivity index (χ1n) is 8.32. The fourth-order valence-corrected chi connectivity index (χ4v) is 2.43. The molecule has 10 heteroatoms. The average molecular weight is 387 g/mol. The van der Waals surface area contributed by atoms with Crippen LogP contribution >= 0.6 is 0 Å². The summed E-state index contributed by atoms with van der Waals surface area (Å²) in [4.78, 5) is 13.6. The Balaban J connectivity index is 2.37. The number of rotatable bonds is 6. The summed E-state index contributed by atoms with van der Waals surface area (Å²) in [5.41, 5.74) is 3.16. The number of nitrogens with two attached hydrogens (primary N) is 1. The molecule has 1 aromatic carbocycles. The summed E-state index contributed by atoms with van der Waals surface area (Å²) < 4.78 is 55.0. The standard InChI is InChI=1S/C17H21F4N5O/c1-10(2)12(22)8-9-25(3)16(27)14-15(17(19,20)21)26(24-23-14)13-7-5-4-6-11(13)18/h4-7,10,12H,8-9,22H2,1-3H3. The van der Waals surface area contributed by atoms with E-state index in [4.69, 9.17) is 5.73 Å². The molecule has 0 aliphatic carbocycles. The van der Waals surface area contributed by atoms with Crippen LogP contribution in [0.4, 0.5) is 17.6 Å². The van der Waals surface area contributed by atoms with Crippen LogP contribution < -0.4 is 5.73 Å². The molecule has 148 valence electrons. The van der Waals surface area contributed by atoms with Gasteiger partial charge in [-0.15, -0.1) is 5.10 Å². The van der Waals surface area contributed by atoms with Crippen molar-refractivity contribution in [3.63, 3.8) is 0 Å². The monoisotopic (exact) mass is 387 g/mol. The van der Waals surface area contributed by atoms with E-state index < -0.39 is 35.0 Å². The van der Waals surface area contributed by atoms with Gasteiger partial charge in [0.25, 0.3) is 5.91 Å². The molecule has 0 fully saturated rings. The molecular formula is C17H21F4N5O. The molecule has 0 spiro atoms. The van der Waals surface area contributed by atoms with Crippen molar-refractivity contribution < 1.29 is 22.4 Å². The molecule has 0 saturated carbocycles. The van der Waals surface area contributed by atoms with Crippen LogP contribution in [0.1, 0.15) is 36.5 Å². The van der Waals surface area contributed by atoms with Crippen molar-refractivity contribution in [2.75, 3.05) is 13.6 Å². The predicted octanol–water partition coefficient (Wildman–Crippen LogP) is 2.87. The average Bonchev–Trinajstić information content (AvgIpc) is 3.04. The lowest BCUT2D eigenvalue weighted by Crippen LogP contribution is -2.35. The predicted molar refractivity (Wildman–Crippen MR) is 90.7 cm³/mol. The normalized spacial score (nSPS) is 13.1. The van der Waals surface area contributed by atoms with Crippen molar-refractivity contribution in [2.24, 2.45) is 11.7 Å². The maximum atomic E-state index is 13.9. The lowest BCUT2D eigenvalue weighted by Gasteiger charge is -2.21. The van der Waals surface area contributed by atoms with Crippen LogP contribution in [0.2, 0.25) is 0 Å². The first-order chi connectivity index (χ1) is 12.5. The molecule has 0 bridgehead atoms. The van der Waals surface area contributed by atoms with Crippen molar-refractivity contribution in [3.05, 3.63) is 41.5 Å². The molecule has 27 heavy (non-hydrogen) atoms. The second-order valence-corrected chi connectivity index (χ2v) is 6.57. The fraction of sp³-hybridized carbons (Fsp3) is 0.471. The molecule has 1 amide bonds. The van der Waals surface area contributed by atoms with Crippen molar-refractivity contribution in [1.82, 2.24) is 19.9 Å². The summed E-state index contributed by atoms with van der Waals surface area (Å²) in [5.74, 6) is -1.70. The Morgan fingerprint density at radius 3 is 2.48 bits per heavy atom. The number of carbonyl (C=O) groups is 1. The van der Waals surface area contributed by atoms with Gasteiger partial charge in [-0.2, -0.15) is 13.2 Å². The zero-order valence-electron chi connectivity index (χ0n) is 15.2. The minimum Gasteiger partial charge on any atom is -0.340 e. The molecule has 1 atom stereocenters. The van der Waals surface area contributed by atoms with Crippen LogP contribution in [0.5, 0.6) is 0 Å². The fourth-order valence-electron chi connectivity index (χ4n) is 2.43. The number of carbonyl (C=O) groups excluding carboxylic acids is 1. The van der Waals surface area contributed by atoms with Gasteiger partial charge in [-0.1, -0.05) is 31.2 Å². The number of halogens is 4. The van der Waals surface area contributed by atoms with Gasteiger partial charge in [-0.05, 0) is 24.5 Å². The molecule has 2 N–H and O–H groups in total. The molecule has 1 unspecified atom stereocenters. The quantitative estimate of drug-likeness (QED) is 0.774. The number of hydrogen-bond acceptors (Lipinski definition) is 4. The van der Waals surface area contributed by atoms with E-state index in [2.05, 4.69) is 10.3 Å². The third-order valence-corrected chi connectivity index (χ3v) is 4.22. The molecule has 0 saturated heterocycles. The number of nitrogens with zero attached hydrogens (tertiary/aromatic N) is 4. The summed E-state index contributed by atoms with van der Waals surface area (Å²) >= 11 is 0. The third-order valence-electron chi connectivity index (χ3n) is 4.22. The number of aromatic nitrogens is 3. The van der Waals surface area contributed by atoms with E-state index in [1.807, 2.05) is 13.8 Å². The van der Waals surface area contributed by atoms with Crippen molar-refractivity contribution in [3.8, 4) is 5.69 Å². The highest BCUT2D eigenvalue weighted by atomic mass is 19.4. The van der Waals surface area contributed by atoms with Crippen molar-refractivity contribution >= 4 is 5.91 Å². The highest BCUT2D eigenvalue weighted by Crippen LogP contribution is 2.33. The van der Waals surface area contributed by atoms with E-state index >= 15 is 0 Å². The van der Waals surface area contributed by atoms with E-state index in [1.165, 1.54) is 19.2 Å². The first kappa shape index (κ1) is 20.8. The minimum atomic E-state index is -4.95. The summed E-state index contributed by atoms with van der Waals surface area (Å²) in [6, 6.07) is 4.62. The van der Waals surface area contributed by atoms with E-state index in [9.17, 15) is 22.4 Å².